The van der Waals surface area contributed by atoms with Crippen LogP contribution in [-0.2, 0) is 22.4 Å². The van der Waals surface area contributed by atoms with Gasteiger partial charge in [-0.1, -0.05) is 80.4 Å². The summed E-state index contributed by atoms with van der Waals surface area (Å²) in [5.41, 5.74) is 2.22. The first-order valence-corrected chi connectivity index (χ1v) is 16.0. The molecule has 4 aromatic rings. The molecule has 0 spiro atoms. The molecule has 0 unspecified atom stereocenters. The number of hydrogen-bond donors (Lipinski definition) is 2. The SMILES string of the molecule is COc1ccccc1CCNC(=O)[C@]1(Cc2ccccc2Br)N=C(c2ccc(OCCCO)cc2)O[C@@H]1c1ccc(Br)cc1. The lowest BCUT2D eigenvalue weighted by Crippen LogP contribution is -2.50. The summed E-state index contributed by atoms with van der Waals surface area (Å²) in [5, 5.41) is 12.2. The predicted molar refractivity (Wildman–Crippen MR) is 178 cm³/mol. The highest BCUT2D eigenvalue weighted by atomic mass is 79.9. The van der Waals surface area contributed by atoms with Gasteiger partial charge in [0.1, 0.15) is 11.5 Å². The zero-order chi connectivity index (χ0) is 30.9. The van der Waals surface area contributed by atoms with E-state index in [1.807, 2.05) is 97.1 Å². The summed E-state index contributed by atoms with van der Waals surface area (Å²) in [6.45, 7) is 0.887. The van der Waals surface area contributed by atoms with Gasteiger partial charge in [0.2, 0.25) is 5.90 Å². The summed E-state index contributed by atoms with van der Waals surface area (Å²) in [6.07, 6.45) is 0.765. The highest BCUT2D eigenvalue weighted by Crippen LogP contribution is 2.43. The first kappa shape index (κ1) is 31.8. The molecular weight excluding hydrogens is 688 g/mol. The van der Waals surface area contributed by atoms with Crippen LogP contribution in [0, 0.1) is 0 Å². The van der Waals surface area contributed by atoms with E-state index in [9.17, 15) is 4.79 Å². The third kappa shape index (κ3) is 7.34. The van der Waals surface area contributed by atoms with Gasteiger partial charge in [-0.3, -0.25) is 4.79 Å². The molecule has 4 aromatic carbocycles. The fraction of sp³-hybridized carbons (Fsp3) is 0.257. The second-order valence-corrected chi connectivity index (χ2v) is 12.2. The molecule has 0 radical (unpaired) electrons. The molecule has 1 aliphatic rings. The van der Waals surface area contributed by atoms with E-state index >= 15 is 0 Å². The fourth-order valence-electron chi connectivity index (χ4n) is 5.23. The van der Waals surface area contributed by atoms with Gasteiger partial charge in [0.25, 0.3) is 5.91 Å². The number of aliphatic hydroxyl groups is 1. The Morgan fingerprint density at radius 2 is 1.66 bits per heavy atom. The number of hydrogen-bond acceptors (Lipinski definition) is 6. The molecule has 9 heteroatoms. The van der Waals surface area contributed by atoms with E-state index in [2.05, 4.69) is 37.2 Å². The summed E-state index contributed by atoms with van der Waals surface area (Å²) in [7, 11) is 1.65. The molecule has 0 bridgehead atoms. The molecule has 2 atom stereocenters. The highest BCUT2D eigenvalue weighted by Gasteiger charge is 2.53. The van der Waals surface area contributed by atoms with Crippen molar-refractivity contribution in [3.8, 4) is 11.5 Å². The summed E-state index contributed by atoms with van der Waals surface area (Å²) in [5.74, 6) is 1.62. The van der Waals surface area contributed by atoms with E-state index in [0.717, 1.165) is 36.9 Å². The predicted octanol–water partition coefficient (Wildman–Crippen LogP) is 6.84. The number of carbonyl (C=O) groups is 1. The molecule has 1 amide bonds. The molecular formula is C35H34Br2N2O5. The first-order valence-electron chi connectivity index (χ1n) is 14.4. The number of ether oxygens (including phenoxy) is 3. The van der Waals surface area contributed by atoms with Gasteiger partial charge < -0.3 is 24.6 Å². The Kier molecular flexibility index (Phi) is 10.7. The van der Waals surface area contributed by atoms with E-state index < -0.39 is 11.6 Å². The van der Waals surface area contributed by atoms with Crippen molar-refractivity contribution in [3.05, 3.63) is 128 Å². The van der Waals surface area contributed by atoms with Crippen molar-refractivity contribution in [1.82, 2.24) is 5.32 Å². The van der Waals surface area contributed by atoms with Gasteiger partial charge in [-0.25, -0.2) is 4.99 Å². The number of para-hydroxylation sites is 1. The van der Waals surface area contributed by atoms with Crippen LogP contribution < -0.4 is 14.8 Å². The van der Waals surface area contributed by atoms with Crippen LogP contribution >= 0.6 is 31.9 Å². The van der Waals surface area contributed by atoms with Crippen LogP contribution in [-0.4, -0.2) is 49.3 Å². The van der Waals surface area contributed by atoms with Gasteiger partial charge in [-0.05, 0) is 71.6 Å². The maximum Gasteiger partial charge on any atom is 0.252 e. The molecule has 44 heavy (non-hydrogen) atoms. The van der Waals surface area contributed by atoms with Gasteiger partial charge in [0.15, 0.2) is 11.6 Å². The van der Waals surface area contributed by atoms with E-state index in [-0.39, 0.29) is 12.5 Å². The molecule has 0 aromatic heterocycles. The lowest BCUT2D eigenvalue weighted by atomic mass is 9.82. The van der Waals surface area contributed by atoms with Crippen molar-refractivity contribution in [2.45, 2.75) is 30.9 Å². The van der Waals surface area contributed by atoms with E-state index in [1.54, 1.807) is 7.11 Å². The standard InChI is InChI=1S/C35H34Br2N2O5/c1-42-31-10-5-3-7-24(31)19-20-38-34(41)35(23-27-8-2-4-9-30(27)37)32(25-11-15-28(36)16-12-25)44-33(39-35)26-13-17-29(18-14-26)43-22-6-21-40/h2-5,7-18,32,40H,6,19-23H2,1H3,(H,38,41)/t32-,35-/m1/s1. The Morgan fingerprint density at radius 1 is 0.955 bits per heavy atom. The third-order valence-corrected chi connectivity index (χ3v) is 8.80. The molecule has 228 valence electrons. The number of aliphatic imine (C=N–C) groups is 1. The van der Waals surface area contributed by atoms with Gasteiger partial charge >= 0.3 is 0 Å². The first-order chi connectivity index (χ1) is 21.4. The minimum absolute atomic E-state index is 0.0702. The summed E-state index contributed by atoms with van der Waals surface area (Å²) < 4.78 is 19.7. The molecule has 2 N–H and O–H groups in total. The molecule has 0 saturated heterocycles. The van der Waals surface area contributed by atoms with Crippen LogP contribution in [0.15, 0.2) is 111 Å². The van der Waals surface area contributed by atoms with Crippen LogP contribution in [0.2, 0.25) is 0 Å². The van der Waals surface area contributed by atoms with Crippen molar-refractivity contribution in [2.24, 2.45) is 4.99 Å². The number of methoxy groups -OCH3 is 1. The number of carbonyl (C=O) groups excluding carboxylic acids is 1. The minimum Gasteiger partial charge on any atom is -0.496 e. The minimum atomic E-state index is -1.30. The van der Waals surface area contributed by atoms with E-state index in [1.165, 1.54) is 0 Å². The second-order valence-electron chi connectivity index (χ2n) is 10.4. The van der Waals surface area contributed by atoms with Crippen LogP contribution in [0.1, 0.15) is 34.8 Å². The summed E-state index contributed by atoms with van der Waals surface area (Å²) in [6, 6.07) is 30.9. The molecule has 0 saturated carbocycles. The van der Waals surface area contributed by atoms with Crippen molar-refractivity contribution in [2.75, 3.05) is 26.9 Å². The molecule has 1 heterocycles. The Hall–Kier alpha value is -3.66. The molecule has 7 nitrogen and oxygen atoms in total. The smallest absolute Gasteiger partial charge is 0.252 e. The zero-order valence-electron chi connectivity index (χ0n) is 24.3. The highest BCUT2D eigenvalue weighted by molar-refractivity contribution is 9.10. The lowest BCUT2D eigenvalue weighted by Gasteiger charge is -2.31. The number of benzene rings is 4. The molecule has 0 aliphatic carbocycles. The van der Waals surface area contributed by atoms with Gasteiger partial charge in [-0.2, -0.15) is 0 Å². The van der Waals surface area contributed by atoms with Gasteiger partial charge in [0, 0.05) is 40.5 Å². The average Bonchev–Trinajstić information content (AvgIpc) is 3.43. The maximum atomic E-state index is 14.5. The Morgan fingerprint density at radius 3 is 2.36 bits per heavy atom. The fourth-order valence-corrected chi connectivity index (χ4v) is 5.91. The summed E-state index contributed by atoms with van der Waals surface area (Å²) in [4.78, 5) is 19.6. The van der Waals surface area contributed by atoms with Crippen LogP contribution in [0.5, 0.6) is 11.5 Å². The van der Waals surface area contributed by atoms with Gasteiger partial charge in [0.05, 0.1) is 13.7 Å². The summed E-state index contributed by atoms with van der Waals surface area (Å²) >= 11 is 7.21. The van der Waals surface area contributed by atoms with Crippen molar-refractivity contribution < 1.29 is 24.1 Å². The Labute approximate surface area is 274 Å². The van der Waals surface area contributed by atoms with Crippen molar-refractivity contribution in [1.29, 1.82) is 0 Å². The van der Waals surface area contributed by atoms with Crippen molar-refractivity contribution in [3.63, 3.8) is 0 Å². The Balaban J connectivity index is 1.52. The molecule has 5 rings (SSSR count). The average molecular weight is 722 g/mol. The second kappa shape index (κ2) is 14.9. The van der Waals surface area contributed by atoms with Crippen LogP contribution in [0.4, 0.5) is 0 Å². The van der Waals surface area contributed by atoms with E-state index in [4.69, 9.17) is 24.3 Å². The number of halogens is 2. The molecule has 1 aliphatic heterocycles. The van der Waals surface area contributed by atoms with Crippen LogP contribution in [0.3, 0.4) is 0 Å². The maximum absolute atomic E-state index is 14.5. The van der Waals surface area contributed by atoms with Crippen molar-refractivity contribution >= 4 is 43.7 Å². The number of aliphatic hydroxyl groups excluding tert-OH is 1. The number of nitrogens with one attached hydrogen (secondary N) is 1. The quantitative estimate of drug-likeness (QED) is 0.148. The van der Waals surface area contributed by atoms with Gasteiger partial charge in [-0.15, -0.1) is 0 Å². The zero-order valence-corrected chi connectivity index (χ0v) is 27.5. The monoisotopic (exact) mass is 720 g/mol. The lowest BCUT2D eigenvalue weighted by molar-refractivity contribution is -0.128. The largest absolute Gasteiger partial charge is 0.496 e. The van der Waals surface area contributed by atoms with E-state index in [0.29, 0.717) is 44.1 Å². The number of rotatable bonds is 13. The number of nitrogens with zero attached hydrogens (tertiary/aromatic N) is 1. The number of amides is 1. The normalized spacial score (nSPS) is 17.5. The topological polar surface area (TPSA) is 89.4 Å². The third-order valence-electron chi connectivity index (χ3n) is 7.49. The Bertz CT molecular complexity index is 1590. The van der Waals surface area contributed by atoms with Crippen LogP contribution in [0.25, 0.3) is 0 Å². The molecule has 0 fully saturated rings.